The van der Waals surface area contributed by atoms with Crippen LogP contribution in [0.4, 0.5) is 0 Å². The number of amides is 1. The zero-order valence-corrected chi connectivity index (χ0v) is 12.0. The quantitative estimate of drug-likeness (QED) is 0.747. The summed E-state index contributed by atoms with van der Waals surface area (Å²) in [5.41, 5.74) is 2.53. The van der Waals surface area contributed by atoms with E-state index in [2.05, 4.69) is 29.7 Å². The largest absolute Gasteiger partial charge is 0.352 e. The second-order valence-electron chi connectivity index (χ2n) is 4.11. The van der Waals surface area contributed by atoms with Crippen molar-refractivity contribution >= 4 is 18.3 Å². The van der Waals surface area contributed by atoms with Crippen LogP contribution in [0.15, 0.2) is 24.3 Å². The highest BCUT2D eigenvalue weighted by Gasteiger charge is 2.03. The van der Waals surface area contributed by atoms with Crippen LogP contribution < -0.4 is 10.6 Å². The molecular weight excluding hydrogens is 248 g/mol. The molecule has 18 heavy (non-hydrogen) atoms. The molecule has 1 amide bonds. The minimum absolute atomic E-state index is 0. The zero-order chi connectivity index (χ0) is 12.5. The van der Waals surface area contributed by atoms with Crippen LogP contribution in [0.1, 0.15) is 30.9 Å². The molecule has 2 N–H and O–H groups in total. The number of benzene rings is 1. The van der Waals surface area contributed by atoms with Crippen molar-refractivity contribution in [1.29, 1.82) is 0 Å². The molecule has 102 valence electrons. The lowest BCUT2D eigenvalue weighted by molar-refractivity contribution is -0.121. The van der Waals surface area contributed by atoms with Gasteiger partial charge in [-0.25, -0.2) is 0 Å². The number of aryl methyl sites for hydroxylation is 1. The number of carbonyl (C=O) groups is 1. The summed E-state index contributed by atoms with van der Waals surface area (Å²) in [6.07, 6.45) is 2.48. The molecule has 0 saturated carbocycles. The van der Waals surface area contributed by atoms with E-state index >= 15 is 0 Å². The molecule has 1 aromatic rings. The number of nitrogens with one attached hydrogen (secondary N) is 2. The molecule has 0 aromatic heterocycles. The van der Waals surface area contributed by atoms with Crippen molar-refractivity contribution in [3.05, 3.63) is 35.4 Å². The molecule has 0 heterocycles. The van der Waals surface area contributed by atoms with Gasteiger partial charge in [-0.1, -0.05) is 31.2 Å². The lowest BCUT2D eigenvalue weighted by Crippen LogP contribution is -2.24. The molecule has 3 nitrogen and oxygen atoms in total. The van der Waals surface area contributed by atoms with Gasteiger partial charge in [0.1, 0.15) is 0 Å². The Morgan fingerprint density at radius 2 is 1.89 bits per heavy atom. The van der Waals surface area contributed by atoms with Crippen molar-refractivity contribution in [2.24, 2.45) is 0 Å². The van der Waals surface area contributed by atoms with Crippen molar-refractivity contribution in [1.82, 2.24) is 10.6 Å². The first-order chi connectivity index (χ1) is 8.27. The summed E-state index contributed by atoms with van der Waals surface area (Å²) < 4.78 is 0. The van der Waals surface area contributed by atoms with E-state index in [1.54, 1.807) is 0 Å². The normalized spacial score (nSPS) is 9.67. The number of rotatable bonds is 7. The van der Waals surface area contributed by atoms with Crippen LogP contribution in [0, 0.1) is 0 Å². The summed E-state index contributed by atoms with van der Waals surface area (Å²) in [5, 5.41) is 6.00. The Morgan fingerprint density at radius 3 is 2.50 bits per heavy atom. The van der Waals surface area contributed by atoms with Crippen LogP contribution in [-0.4, -0.2) is 19.5 Å². The van der Waals surface area contributed by atoms with E-state index in [1.165, 1.54) is 11.1 Å². The molecule has 0 spiro atoms. The second-order valence-corrected chi connectivity index (χ2v) is 4.11. The van der Waals surface area contributed by atoms with Gasteiger partial charge in [0, 0.05) is 13.0 Å². The minimum Gasteiger partial charge on any atom is -0.352 e. The maximum Gasteiger partial charge on any atom is 0.220 e. The van der Waals surface area contributed by atoms with Crippen LogP contribution in [0.2, 0.25) is 0 Å². The van der Waals surface area contributed by atoms with Gasteiger partial charge in [-0.3, -0.25) is 4.79 Å². The van der Waals surface area contributed by atoms with Crippen LogP contribution >= 0.6 is 12.4 Å². The predicted molar refractivity (Wildman–Crippen MR) is 78.1 cm³/mol. The Hall–Kier alpha value is -1.06. The van der Waals surface area contributed by atoms with Crippen LogP contribution in [0.5, 0.6) is 0 Å². The Balaban J connectivity index is 0.00000289. The molecule has 1 aromatic carbocycles. The first kappa shape index (κ1) is 16.9. The summed E-state index contributed by atoms with van der Waals surface area (Å²) in [5.74, 6) is 0.131. The van der Waals surface area contributed by atoms with Gasteiger partial charge in [-0.2, -0.15) is 0 Å². The molecule has 0 aliphatic rings. The molecule has 0 bridgehead atoms. The van der Waals surface area contributed by atoms with E-state index in [0.717, 1.165) is 19.4 Å². The maximum atomic E-state index is 11.6. The summed E-state index contributed by atoms with van der Waals surface area (Å²) in [4.78, 5) is 11.6. The monoisotopic (exact) mass is 270 g/mol. The lowest BCUT2D eigenvalue weighted by atomic mass is 10.1. The highest BCUT2D eigenvalue weighted by atomic mass is 35.5. The van der Waals surface area contributed by atoms with Crippen molar-refractivity contribution in [3.63, 3.8) is 0 Å². The topological polar surface area (TPSA) is 41.1 Å². The first-order valence-electron chi connectivity index (χ1n) is 6.26. The molecule has 0 unspecified atom stereocenters. The predicted octanol–water partition coefficient (Wildman–Crippen LogP) is 2.29. The zero-order valence-electron chi connectivity index (χ0n) is 11.2. The highest BCUT2D eigenvalue weighted by molar-refractivity contribution is 5.85. The third-order valence-corrected chi connectivity index (χ3v) is 2.81. The first-order valence-corrected chi connectivity index (χ1v) is 6.26. The minimum atomic E-state index is 0. The fraction of sp³-hybridized carbons (Fsp3) is 0.500. The molecular formula is C14H23ClN2O. The van der Waals surface area contributed by atoms with Gasteiger partial charge in [0.05, 0.1) is 0 Å². The van der Waals surface area contributed by atoms with E-state index in [1.807, 2.05) is 19.2 Å². The Bertz CT molecular complexity index is 355. The van der Waals surface area contributed by atoms with Crippen molar-refractivity contribution in [2.75, 3.05) is 13.6 Å². The van der Waals surface area contributed by atoms with E-state index in [4.69, 9.17) is 0 Å². The van der Waals surface area contributed by atoms with E-state index < -0.39 is 0 Å². The Morgan fingerprint density at radius 1 is 1.22 bits per heavy atom. The van der Waals surface area contributed by atoms with Crippen LogP contribution in [0.25, 0.3) is 0 Å². The Kier molecular flexibility index (Phi) is 9.33. The smallest absolute Gasteiger partial charge is 0.220 e. The fourth-order valence-electron chi connectivity index (χ4n) is 1.78. The molecule has 0 atom stereocenters. The van der Waals surface area contributed by atoms with Crippen molar-refractivity contribution in [2.45, 2.75) is 32.7 Å². The molecule has 4 heteroatoms. The van der Waals surface area contributed by atoms with Gasteiger partial charge in [-0.05, 0) is 37.6 Å². The van der Waals surface area contributed by atoms with Gasteiger partial charge in [-0.15, -0.1) is 12.4 Å². The van der Waals surface area contributed by atoms with Crippen molar-refractivity contribution < 1.29 is 4.79 Å². The summed E-state index contributed by atoms with van der Waals surface area (Å²) in [6.45, 7) is 3.66. The second kappa shape index (κ2) is 9.92. The fourth-order valence-corrected chi connectivity index (χ4v) is 1.78. The number of hydrogen-bond donors (Lipinski definition) is 2. The molecule has 0 aliphatic heterocycles. The van der Waals surface area contributed by atoms with E-state index in [-0.39, 0.29) is 18.3 Å². The third kappa shape index (κ3) is 6.03. The van der Waals surface area contributed by atoms with Crippen molar-refractivity contribution in [3.8, 4) is 0 Å². The summed E-state index contributed by atoms with van der Waals surface area (Å²) >= 11 is 0. The lowest BCUT2D eigenvalue weighted by Gasteiger charge is -2.09. The van der Waals surface area contributed by atoms with Gasteiger partial charge < -0.3 is 10.6 Å². The van der Waals surface area contributed by atoms with Gasteiger partial charge in [0.2, 0.25) is 5.91 Å². The molecule has 0 saturated heterocycles. The van der Waals surface area contributed by atoms with Crippen LogP contribution in [-0.2, 0) is 17.8 Å². The molecule has 0 aliphatic carbocycles. The average Bonchev–Trinajstić information content (AvgIpc) is 2.37. The number of hydrogen-bond acceptors (Lipinski definition) is 2. The standard InChI is InChI=1S/C14H22N2O.ClH/c1-3-12-7-4-5-8-13(12)11-16-14(17)9-6-10-15-2;/h4-5,7-8,15H,3,6,9-11H2,1-2H3,(H,16,17);1H. The molecule has 0 fully saturated rings. The average molecular weight is 271 g/mol. The molecule has 0 radical (unpaired) electrons. The van der Waals surface area contributed by atoms with Gasteiger partial charge in [0.15, 0.2) is 0 Å². The van der Waals surface area contributed by atoms with E-state index in [0.29, 0.717) is 13.0 Å². The Labute approximate surface area is 116 Å². The van der Waals surface area contributed by atoms with Crippen LogP contribution in [0.3, 0.4) is 0 Å². The van der Waals surface area contributed by atoms with E-state index in [9.17, 15) is 4.79 Å². The van der Waals surface area contributed by atoms with Gasteiger partial charge in [0.25, 0.3) is 0 Å². The maximum absolute atomic E-state index is 11.6. The SMILES string of the molecule is CCc1ccccc1CNC(=O)CCCNC.Cl. The highest BCUT2D eigenvalue weighted by Crippen LogP contribution is 2.08. The third-order valence-electron chi connectivity index (χ3n) is 2.81. The summed E-state index contributed by atoms with van der Waals surface area (Å²) in [7, 11) is 1.90. The summed E-state index contributed by atoms with van der Waals surface area (Å²) in [6, 6.07) is 8.24. The van der Waals surface area contributed by atoms with Gasteiger partial charge >= 0.3 is 0 Å². The number of halogens is 1. The molecule has 1 rings (SSSR count). The number of carbonyl (C=O) groups excluding carboxylic acids is 1.